The molecule has 0 aliphatic heterocycles. The third-order valence-corrected chi connectivity index (χ3v) is 6.79. The number of halogens is 6. The fraction of sp³-hybridized carbons (Fsp3) is 0.348. The molecule has 0 saturated heterocycles. The van der Waals surface area contributed by atoms with E-state index in [4.69, 9.17) is 14.3 Å². The van der Waals surface area contributed by atoms with Gasteiger partial charge in [-0.3, -0.25) is 4.79 Å². The van der Waals surface area contributed by atoms with Gasteiger partial charge in [0, 0.05) is 18.5 Å². The number of sulfone groups is 1. The smallest absolute Gasteiger partial charge is 0.446 e. The molecule has 0 bridgehead atoms. The van der Waals surface area contributed by atoms with Gasteiger partial charge in [0.2, 0.25) is 6.29 Å². The van der Waals surface area contributed by atoms with Crippen molar-refractivity contribution in [3.8, 4) is 11.5 Å². The maximum atomic E-state index is 13.0. The topological polar surface area (TPSA) is 111 Å². The molecular weight excluding hydrogens is 558 g/mol. The Morgan fingerprint density at radius 2 is 1.59 bits per heavy atom. The predicted octanol–water partition coefficient (Wildman–Crippen LogP) is 4.93. The molecule has 1 N–H and O–H groups in total. The van der Waals surface area contributed by atoms with Crippen LogP contribution < -0.4 is 19.7 Å². The highest BCUT2D eigenvalue weighted by Crippen LogP contribution is 2.37. The fourth-order valence-corrected chi connectivity index (χ4v) is 4.18. The summed E-state index contributed by atoms with van der Waals surface area (Å²) in [7, 11) is 0.610. The van der Waals surface area contributed by atoms with Gasteiger partial charge in [-0.05, 0) is 24.3 Å². The van der Waals surface area contributed by atoms with E-state index in [1.54, 1.807) is 12.1 Å². The Hall–Kier alpha value is -3.82. The normalized spacial score (nSPS) is 11.8. The number of hydrogen-bond acceptors (Lipinski definition) is 9. The number of aldehydes is 1. The van der Waals surface area contributed by atoms with Crippen LogP contribution in [0.1, 0.15) is 6.92 Å². The van der Waals surface area contributed by atoms with Gasteiger partial charge in [-0.1, -0.05) is 6.92 Å². The molecule has 1 aromatic heterocycles. The van der Waals surface area contributed by atoms with Crippen molar-refractivity contribution in [3.63, 3.8) is 0 Å². The number of benzene rings is 2. The summed E-state index contributed by atoms with van der Waals surface area (Å²) in [5.74, 6) is 0.946. The number of anilines is 3. The number of fused-ring (bicyclic) bond motifs is 1. The van der Waals surface area contributed by atoms with E-state index in [-0.39, 0.29) is 27.8 Å². The molecule has 16 heteroatoms. The van der Waals surface area contributed by atoms with Crippen LogP contribution in [0.3, 0.4) is 0 Å². The second-order valence-electron chi connectivity index (χ2n) is 7.78. The van der Waals surface area contributed by atoms with Crippen molar-refractivity contribution in [3.05, 3.63) is 36.7 Å². The summed E-state index contributed by atoms with van der Waals surface area (Å²) in [5, 5.41) is 3.49. The molecule has 3 rings (SSSR count). The van der Waals surface area contributed by atoms with Crippen molar-refractivity contribution in [2.24, 2.45) is 0 Å². The molecule has 0 amide bonds. The summed E-state index contributed by atoms with van der Waals surface area (Å²) in [5.41, 5.74) is 0.786. The van der Waals surface area contributed by atoms with Crippen LogP contribution in [0.15, 0.2) is 41.6 Å². The third-order valence-electron chi connectivity index (χ3n) is 5.06. The van der Waals surface area contributed by atoms with Gasteiger partial charge in [0.1, 0.15) is 18.7 Å². The first-order chi connectivity index (χ1) is 18.0. The quantitative estimate of drug-likeness (QED) is 0.292. The predicted molar refractivity (Wildman–Crippen MR) is 132 cm³/mol. The largest absolute Gasteiger partial charge is 0.493 e. The highest BCUT2D eigenvalue weighted by atomic mass is 32.2. The van der Waals surface area contributed by atoms with Gasteiger partial charge >= 0.3 is 12.4 Å². The average molecular weight is 583 g/mol. The summed E-state index contributed by atoms with van der Waals surface area (Å²) >= 11 is 0. The van der Waals surface area contributed by atoms with Crippen molar-refractivity contribution in [2.45, 2.75) is 24.2 Å². The van der Waals surface area contributed by atoms with E-state index in [2.05, 4.69) is 15.3 Å². The first-order valence-electron chi connectivity index (χ1n) is 10.9. The molecule has 9 nitrogen and oxygen atoms in total. The molecule has 0 fully saturated rings. The SMILES string of the molecule is CCS(=O)(=O)c1ccc(N(C)CC(F)(F)F)c(Nc2ncnc3cc(OC)c(OC)cc23)c1.O=CC(F)(F)F. The average Bonchev–Trinajstić information content (AvgIpc) is 2.86. The van der Waals surface area contributed by atoms with Gasteiger partial charge in [0.15, 0.2) is 21.3 Å². The van der Waals surface area contributed by atoms with E-state index in [0.29, 0.717) is 22.4 Å². The summed E-state index contributed by atoms with van der Waals surface area (Å²) < 4.78 is 106. The molecule has 214 valence electrons. The number of methoxy groups -OCH3 is 2. The summed E-state index contributed by atoms with van der Waals surface area (Å²) in [6, 6.07) is 7.19. The lowest BCUT2D eigenvalue weighted by atomic mass is 10.2. The van der Waals surface area contributed by atoms with Gasteiger partial charge in [-0.2, -0.15) is 26.3 Å². The van der Waals surface area contributed by atoms with E-state index in [0.717, 1.165) is 4.90 Å². The lowest BCUT2D eigenvalue weighted by molar-refractivity contribution is -0.156. The molecule has 0 saturated carbocycles. The van der Waals surface area contributed by atoms with Crippen molar-refractivity contribution in [1.82, 2.24) is 9.97 Å². The van der Waals surface area contributed by atoms with E-state index < -0.39 is 35.0 Å². The Morgan fingerprint density at radius 1 is 1.00 bits per heavy atom. The number of nitrogens with one attached hydrogen (secondary N) is 1. The third kappa shape index (κ3) is 8.59. The lowest BCUT2D eigenvalue weighted by Gasteiger charge is -2.24. The molecule has 0 radical (unpaired) electrons. The van der Waals surface area contributed by atoms with Crippen LogP contribution in [0.2, 0.25) is 0 Å². The molecule has 2 aromatic carbocycles. The van der Waals surface area contributed by atoms with E-state index in [9.17, 15) is 34.8 Å². The Balaban J connectivity index is 0.000000798. The second kappa shape index (κ2) is 12.4. The minimum Gasteiger partial charge on any atom is -0.493 e. The summed E-state index contributed by atoms with van der Waals surface area (Å²) in [4.78, 5) is 18.1. The summed E-state index contributed by atoms with van der Waals surface area (Å²) in [6.45, 7) is 0.265. The number of hydrogen-bond donors (Lipinski definition) is 1. The van der Waals surface area contributed by atoms with Crippen LogP contribution in [-0.2, 0) is 14.6 Å². The highest BCUT2D eigenvalue weighted by molar-refractivity contribution is 7.91. The first kappa shape index (κ1) is 31.4. The molecule has 1 heterocycles. The number of rotatable bonds is 8. The molecule has 0 spiro atoms. The first-order valence-corrected chi connectivity index (χ1v) is 12.5. The van der Waals surface area contributed by atoms with Crippen molar-refractivity contribution in [1.29, 1.82) is 0 Å². The van der Waals surface area contributed by atoms with Gasteiger partial charge < -0.3 is 19.7 Å². The van der Waals surface area contributed by atoms with E-state index >= 15 is 0 Å². The number of aromatic nitrogens is 2. The van der Waals surface area contributed by atoms with Crippen LogP contribution in [-0.4, -0.2) is 70.6 Å². The molecule has 0 aliphatic rings. The van der Waals surface area contributed by atoms with Crippen molar-refractivity contribution >= 4 is 44.2 Å². The molecule has 39 heavy (non-hydrogen) atoms. The monoisotopic (exact) mass is 582 g/mol. The van der Waals surface area contributed by atoms with Crippen molar-refractivity contribution in [2.75, 3.05) is 43.8 Å². The number of carbonyl (C=O) groups is 1. The van der Waals surface area contributed by atoms with E-state index in [1.165, 1.54) is 52.7 Å². The summed E-state index contributed by atoms with van der Waals surface area (Å²) in [6.07, 6.45) is -8.87. The minimum atomic E-state index is -4.64. The minimum absolute atomic E-state index is 0.0192. The van der Waals surface area contributed by atoms with Crippen LogP contribution in [0.4, 0.5) is 43.5 Å². The van der Waals surface area contributed by atoms with Gasteiger partial charge in [0.25, 0.3) is 0 Å². The Kier molecular flexibility index (Phi) is 9.95. The Bertz CT molecular complexity index is 1410. The Labute approximate surface area is 219 Å². The number of ether oxygens (including phenoxy) is 2. The maximum absolute atomic E-state index is 13.0. The number of alkyl halides is 6. The van der Waals surface area contributed by atoms with Gasteiger partial charge in [-0.25, -0.2) is 18.4 Å². The van der Waals surface area contributed by atoms with E-state index in [1.807, 2.05) is 0 Å². The number of nitrogens with zero attached hydrogens (tertiary/aromatic N) is 3. The standard InChI is InChI=1S/C21H23F3N4O4S.C2HF3O/c1-5-33(29,30)13-6-7-17(28(2)11-21(22,23)24)16(8-13)27-20-14-9-18(31-3)19(32-4)10-15(14)25-12-26-20;3-2(4,5)1-6/h6-10,12H,5,11H2,1-4H3,(H,25,26,27);1H. The lowest BCUT2D eigenvalue weighted by Crippen LogP contribution is -2.31. The maximum Gasteiger partial charge on any atom is 0.446 e. The van der Waals surface area contributed by atoms with Crippen LogP contribution in [0.25, 0.3) is 10.9 Å². The molecular formula is C23H24F6N4O5S. The van der Waals surface area contributed by atoms with Crippen LogP contribution in [0.5, 0.6) is 11.5 Å². The molecule has 0 aliphatic carbocycles. The Morgan fingerprint density at radius 3 is 2.10 bits per heavy atom. The molecule has 0 atom stereocenters. The van der Waals surface area contributed by atoms with Crippen LogP contribution in [0, 0.1) is 0 Å². The fourth-order valence-electron chi connectivity index (χ4n) is 3.27. The zero-order valence-corrected chi connectivity index (χ0v) is 21.8. The van der Waals surface area contributed by atoms with Crippen LogP contribution >= 0.6 is 0 Å². The highest BCUT2D eigenvalue weighted by Gasteiger charge is 2.30. The van der Waals surface area contributed by atoms with Crippen molar-refractivity contribution < 1.29 is 49.0 Å². The zero-order valence-electron chi connectivity index (χ0n) is 21.0. The van der Waals surface area contributed by atoms with Gasteiger partial charge in [-0.15, -0.1) is 0 Å². The second-order valence-corrected chi connectivity index (χ2v) is 10.1. The van der Waals surface area contributed by atoms with Gasteiger partial charge in [0.05, 0.1) is 41.8 Å². The number of carbonyl (C=O) groups excluding carboxylic acids is 1. The molecule has 3 aromatic rings. The zero-order chi connectivity index (χ0) is 29.6. The molecule has 0 unspecified atom stereocenters.